The molecule has 0 N–H and O–H groups in total. The van der Waals surface area contributed by atoms with Crippen LogP contribution in [0.4, 0.5) is 0 Å². The molecule has 0 aliphatic rings. The number of benzene rings is 1. The van der Waals surface area contributed by atoms with Crippen molar-refractivity contribution in [3.05, 3.63) is 69.4 Å². The van der Waals surface area contributed by atoms with E-state index < -0.39 is 0 Å². The minimum Gasteiger partial charge on any atom is -0.496 e. The van der Waals surface area contributed by atoms with Gasteiger partial charge >= 0.3 is 0 Å². The first kappa shape index (κ1) is 18.9. The number of hydrogen-bond acceptors (Lipinski definition) is 6. The zero-order chi connectivity index (χ0) is 20.7. The minimum atomic E-state index is -0.0547. The number of rotatable bonds is 4. The first-order chi connectivity index (χ1) is 13.9. The number of fused-ring (bicyclic) bond motifs is 1. The van der Waals surface area contributed by atoms with Crippen molar-refractivity contribution in [3.63, 3.8) is 0 Å². The third-order valence-corrected chi connectivity index (χ3v) is 5.08. The molecule has 0 bridgehead atoms. The second-order valence-electron chi connectivity index (χ2n) is 7.18. The molecular weight excluding hydrogens is 368 g/mol. The van der Waals surface area contributed by atoms with Crippen molar-refractivity contribution in [1.82, 2.24) is 19.7 Å². The van der Waals surface area contributed by atoms with E-state index in [4.69, 9.17) is 9.26 Å². The molecule has 0 fully saturated rings. The lowest BCUT2D eigenvalue weighted by molar-refractivity contribution is 0.393. The number of aromatic nitrogens is 4. The maximum Gasteiger partial charge on any atom is 0.254 e. The molecule has 4 aromatic rings. The van der Waals surface area contributed by atoms with Gasteiger partial charge in [-0.1, -0.05) is 5.16 Å². The van der Waals surface area contributed by atoms with Crippen molar-refractivity contribution >= 4 is 10.9 Å². The highest BCUT2D eigenvalue weighted by Gasteiger charge is 2.19. The van der Waals surface area contributed by atoms with Gasteiger partial charge in [-0.05, 0) is 51.3 Å². The van der Waals surface area contributed by atoms with Gasteiger partial charge in [0.25, 0.3) is 5.56 Å². The summed E-state index contributed by atoms with van der Waals surface area (Å²) in [5.74, 6) is 1.38. The Kier molecular flexibility index (Phi) is 4.66. The van der Waals surface area contributed by atoms with Crippen molar-refractivity contribution < 1.29 is 9.26 Å². The topological polar surface area (TPSA) is 83.0 Å². The van der Waals surface area contributed by atoms with E-state index in [1.54, 1.807) is 11.7 Å². The number of hydrogen-bond donors (Lipinski definition) is 0. The van der Waals surface area contributed by atoms with E-state index in [1.165, 1.54) is 6.33 Å². The van der Waals surface area contributed by atoms with Crippen LogP contribution in [0.2, 0.25) is 0 Å². The standard InChI is InChI=1S/C22H22N4O3/c1-12-6-16-8-18(21-14(3)25-29-15(21)4)20(28-5)9-19(16)26(22(12)27)10-17-7-13(2)23-11-24-17/h6-9,11H,10H2,1-5H3. The van der Waals surface area contributed by atoms with E-state index in [2.05, 4.69) is 15.1 Å². The summed E-state index contributed by atoms with van der Waals surface area (Å²) >= 11 is 0. The van der Waals surface area contributed by atoms with Crippen molar-refractivity contribution in [2.75, 3.05) is 7.11 Å². The Balaban J connectivity index is 1.98. The van der Waals surface area contributed by atoms with Crippen LogP contribution >= 0.6 is 0 Å². The third-order valence-electron chi connectivity index (χ3n) is 5.08. The summed E-state index contributed by atoms with van der Waals surface area (Å²) < 4.78 is 12.7. The molecule has 3 aromatic heterocycles. The van der Waals surface area contributed by atoms with Gasteiger partial charge in [0.15, 0.2) is 0 Å². The minimum absolute atomic E-state index is 0.0547. The molecule has 29 heavy (non-hydrogen) atoms. The highest BCUT2D eigenvalue weighted by Crippen LogP contribution is 2.37. The van der Waals surface area contributed by atoms with E-state index in [9.17, 15) is 4.79 Å². The van der Waals surface area contributed by atoms with Gasteiger partial charge in [0, 0.05) is 22.9 Å². The normalized spacial score (nSPS) is 11.2. The zero-order valence-electron chi connectivity index (χ0n) is 17.1. The van der Waals surface area contributed by atoms with Crippen LogP contribution in [-0.2, 0) is 6.54 Å². The lowest BCUT2D eigenvalue weighted by Gasteiger charge is -2.15. The maximum atomic E-state index is 12.9. The summed E-state index contributed by atoms with van der Waals surface area (Å²) in [5, 5.41) is 5.00. The van der Waals surface area contributed by atoms with Crippen LogP contribution in [0.3, 0.4) is 0 Å². The van der Waals surface area contributed by atoms with Crippen LogP contribution in [0.25, 0.3) is 22.0 Å². The van der Waals surface area contributed by atoms with E-state index in [0.29, 0.717) is 17.9 Å². The largest absolute Gasteiger partial charge is 0.496 e. The molecule has 0 amide bonds. The fourth-order valence-corrected chi connectivity index (χ4v) is 3.70. The molecular formula is C22H22N4O3. The first-order valence-corrected chi connectivity index (χ1v) is 9.32. The molecule has 0 aliphatic heterocycles. The smallest absolute Gasteiger partial charge is 0.254 e. The molecule has 7 heteroatoms. The van der Waals surface area contributed by atoms with E-state index >= 15 is 0 Å². The van der Waals surface area contributed by atoms with Gasteiger partial charge < -0.3 is 13.8 Å². The molecule has 0 aliphatic carbocycles. The number of pyridine rings is 1. The zero-order valence-corrected chi connectivity index (χ0v) is 17.1. The summed E-state index contributed by atoms with van der Waals surface area (Å²) in [5.41, 5.74) is 5.62. The molecule has 0 saturated carbocycles. The van der Waals surface area contributed by atoms with Crippen LogP contribution in [0.5, 0.6) is 5.75 Å². The van der Waals surface area contributed by atoms with Crippen molar-refractivity contribution in [2.24, 2.45) is 0 Å². The summed E-state index contributed by atoms with van der Waals surface area (Å²) in [4.78, 5) is 21.4. The van der Waals surface area contributed by atoms with Crippen LogP contribution in [-0.4, -0.2) is 26.8 Å². The van der Waals surface area contributed by atoms with Crippen molar-refractivity contribution in [1.29, 1.82) is 0 Å². The van der Waals surface area contributed by atoms with E-state index in [1.807, 2.05) is 52.0 Å². The Morgan fingerprint density at radius 2 is 1.86 bits per heavy atom. The third kappa shape index (κ3) is 3.29. The molecule has 0 atom stereocenters. The van der Waals surface area contributed by atoms with E-state index in [0.717, 1.165) is 44.9 Å². The van der Waals surface area contributed by atoms with Gasteiger partial charge in [0.05, 0.1) is 36.1 Å². The average Bonchev–Trinajstić information content (AvgIpc) is 3.02. The first-order valence-electron chi connectivity index (χ1n) is 9.32. The van der Waals surface area contributed by atoms with Crippen LogP contribution in [0.1, 0.15) is 28.4 Å². The number of nitrogens with zero attached hydrogens (tertiary/aromatic N) is 4. The fourth-order valence-electron chi connectivity index (χ4n) is 3.70. The van der Waals surface area contributed by atoms with E-state index in [-0.39, 0.29) is 5.56 Å². The molecule has 4 rings (SSSR count). The highest BCUT2D eigenvalue weighted by atomic mass is 16.5. The van der Waals surface area contributed by atoms with Crippen molar-refractivity contribution in [2.45, 2.75) is 34.2 Å². The van der Waals surface area contributed by atoms with Gasteiger partial charge in [0.2, 0.25) is 0 Å². The Morgan fingerprint density at radius 1 is 1.07 bits per heavy atom. The summed E-state index contributed by atoms with van der Waals surface area (Å²) in [6.07, 6.45) is 1.52. The second-order valence-corrected chi connectivity index (χ2v) is 7.18. The lowest BCUT2D eigenvalue weighted by atomic mass is 9.99. The van der Waals surface area contributed by atoms with Crippen LogP contribution in [0.15, 0.2) is 39.9 Å². The number of ether oxygens (including phenoxy) is 1. The maximum absolute atomic E-state index is 12.9. The summed E-state index contributed by atoms with van der Waals surface area (Å²) in [7, 11) is 1.62. The van der Waals surface area contributed by atoms with Crippen LogP contribution < -0.4 is 10.3 Å². The van der Waals surface area contributed by atoms with Gasteiger partial charge in [-0.25, -0.2) is 9.97 Å². The van der Waals surface area contributed by atoms with Gasteiger partial charge in [-0.2, -0.15) is 0 Å². The van der Waals surface area contributed by atoms with Gasteiger partial charge in [0.1, 0.15) is 17.8 Å². The average molecular weight is 390 g/mol. The lowest BCUT2D eigenvalue weighted by Crippen LogP contribution is -2.23. The molecule has 3 heterocycles. The highest BCUT2D eigenvalue weighted by molar-refractivity contribution is 5.90. The number of aryl methyl sites for hydroxylation is 4. The Morgan fingerprint density at radius 3 is 2.52 bits per heavy atom. The van der Waals surface area contributed by atoms with Gasteiger partial charge in [-0.15, -0.1) is 0 Å². The molecule has 7 nitrogen and oxygen atoms in total. The Bertz CT molecular complexity index is 1270. The molecule has 0 spiro atoms. The Labute approximate surface area is 168 Å². The molecule has 0 saturated heterocycles. The number of methoxy groups -OCH3 is 1. The van der Waals surface area contributed by atoms with Crippen molar-refractivity contribution in [3.8, 4) is 16.9 Å². The molecule has 0 unspecified atom stereocenters. The SMILES string of the molecule is COc1cc2c(cc1-c1c(C)noc1C)cc(C)c(=O)n2Cc1cc(C)ncn1. The molecule has 0 radical (unpaired) electrons. The summed E-state index contributed by atoms with van der Waals surface area (Å²) in [6, 6.07) is 7.71. The van der Waals surface area contributed by atoms with Gasteiger partial charge in [-0.3, -0.25) is 4.79 Å². The van der Waals surface area contributed by atoms with Crippen LogP contribution in [0, 0.1) is 27.7 Å². The molecule has 148 valence electrons. The predicted molar refractivity (Wildman–Crippen MR) is 110 cm³/mol. The quantitative estimate of drug-likeness (QED) is 0.528. The fraction of sp³-hybridized carbons (Fsp3) is 0.273. The second kappa shape index (κ2) is 7.16. The summed E-state index contributed by atoms with van der Waals surface area (Å²) in [6.45, 7) is 7.86. The predicted octanol–water partition coefficient (Wildman–Crippen LogP) is 3.74. The Hall–Kier alpha value is -3.48. The molecule has 1 aromatic carbocycles. The monoisotopic (exact) mass is 390 g/mol.